The molecule has 2 unspecified atom stereocenters. The van der Waals surface area contributed by atoms with Gasteiger partial charge in [0.1, 0.15) is 5.82 Å². The van der Waals surface area contributed by atoms with Gasteiger partial charge in [0.2, 0.25) is 0 Å². The van der Waals surface area contributed by atoms with Crippen LogP contribution in [-0.2, 0) is 6.42 Å². The van der Waals surface area contributed by atoms with Crippen LogP contribution in [0.15, 0.2) is 48.5 Å². The Morgan fingerprint density at radius 1 is 1.10 bits per heavy atom. The second-order valence-electron chi connectivity index (χ2n) is 5.85. The summed E-state index contributed by atoms with van der Waals surface area (Å²) in [6.07, 6.45) is 2.15. The summed E-state index contributed by atoms with van der Waals surface area (Å²) in [5, 5.41) is 0. The van der Waals surface area contributed by atoms with E-state index in [2.05, 4.69) is 58.9 Å². The fourth-order valence-electron chi connectivity index (χ4n) is 3.65. The fraction of sp³-hybridized carbons (Fsp3) is 0.278. The van der Waals surface area contributed by atoms with E-state index >= 15 is 0 Å². The van der Waals surface area contributed by atoms with Crippen LogP contribution in [0, 0.1) is 6.92 Å². The van der Waals surface area contributed by atoms with E-state index in [4.69, 9.17) is 5.73 Å². The third kappa shape index (κ3) is 1.88. The van der Waals surface area contributed by atoms with E-state index < -0.39 is 0 Å². The molecule has 2 atom stereocenters. The van der Waals surface area contributed by atoms with Gasteiger partial charge >= 0.3 is 0 Å². The van der Waals surface area contributed by atoms with Crippen LogP contribution in [0.1, 0.15) is 35.5 Å². The standard InChI is InChI=1S/C18H19N3/c1-12-20-15-8-4-5-9-16(15)21(12)17-11-10-13-6-2-3-7-14(13)18(17)19/h2-9,17-18H,10-11,19H2,1H3. The molecule has 3 nitrogen and oxygen atoms in total. The second kappa shape index (κ2) is 4.71. The average molecular weight is 277 g/mol. The first-order valence-electron chi connectivity index (χ1n) is 7.52. The van der Waals surface area contributed by atoms with E-state index in [1.54, 1.807) is 0 Å². The van der Waals surface area contributed by atoms with Gasteiger partial charge in [0.15, 0.2) is 0 Å². The molecule has 2 N–H and O–H groups in total. The highest BCUT2D eigenvalue weighted by molar-refractivity contribution is 5.76. The lowest BCUT2D eigenvalue weighted by Crippen LogP contribution is -2.30. The van der Waals surface area contributed by atoms with Crippen molar-refractivity contribution in [3.05, 3.63) is 65.5 Å². The molecule has 0 amide bonds. The predicted octanol–water partition coefficient (Wildman–Crippen LogP) is 3.53. The highest BCUT2D eigenvalue weighted by Gasteiger charge is 2.29. The highest BCUT2D eigenvalue weighted by Crippen LogP contribution is 2.38. The van der Waals surface area contributed by atoms with Crippen molar-refractivity contribution in [2.75, 3.05) is 0 Å². The summed E-state index contributed by atoms with van der Waals surface area (Å²) in [5.41, 5.74) is 11.5. The number of nitrogens with two attached hydrogens (primary N) is 1. The van der Waals surface area contributed by atoms with Crippen LogP contribution in [0.2, 0.25) is 0 Å². The van der Waals surface area contributed by atoms with Gasteiger partial charge in [-0.15, -0.1) is 0 Å². The van der Waals surface area contributed by atoms with Gasteiger partial charge in [0.05, 0.1) is 23.1 Å². The van der Waals surface area contributed by atoms with Gasteiger partial charge < -0.3 is 10.3 Å². The number of fused-ring (bicyclic) bond motifs is 2. The normalized spacial score (nSPS) is 21.4. The largest absolute Gasteiger partial charge is 0.323 e. The van der Waals surface area contributed by atoms with Crippen LogP contribution in [-0.4, -0.2) is 9.55 Å². The average Bonchev–Trinajstić information content (AvgIpc) is 2.84. The molecule has 2 aromatic carbocycles. The minimum absolute atomic E-state index is 0.0336. The minimum atomic E-state index is 0.0336. The van der Waals surface area contributed by atoms with Crippen molar-refractivity contribution in [3.8, 4) is 0 Å². The van der Waals surface area contributed by atoms with Gasteiger partial charge in [0.25, 0.3) is 0 Å². The van der Waals surface area contributed by atoms with Gasteiger partial charge in [-0.1, -0.05) is 36.4 Å². The van der Waals surface area contributed by atoms with Crippen LogP contribution in [0.3, 0.4) is 0 Å². The molecule has 1 aromatic heterocycles. The van der Waals surface area contributed by atoms with Gasteiger partial charge in [-0.2, -0.15) is 0 Å². The lowest BCUT2D eigenvalue weighted by Gasteiger charge is -2.33. The number of hydrogen-bond acceptors (Lipinski definition) is 2. The highest BCUT2D eigenvalue weighted by atomic mass is 15.1. The molecule has 0 saturated heterocycles. The maximum atomic E-state index is 6.59. The molecule has 4 rings (SSSR count). The first kappa shape index (κ1) is 12.6. The summed E-state index contributed by atoms with van der Waals surface area (Å²) in [6.45, 7) is 2.08. The molecule has 0 fully saturated rings. The van der Waals surface area contributed by atoms with Crippen LogP contribution < -0.4 is 5.73 Å². The number of rotatable bonds is 1. The Labute approximate surface area is 124 Å². The van der Waals surface area contributed by atoms with E-state index in [1.165, 1.54) is 16.6 Å². The van der Waals surface area contributed by atoms with Crippen LogP contribution >= 0.6 is 0 Å². The zero-order valence-electron chi connectivity index (χ0n) is 12.2. The number of nitrogens with zero attached hydrogens (tertiary/aromatic N) is 2. The third-order valence-corrected chi connectivity index (χ3v) is 4.64. The zero-order chi connectivity index (χ0) is 14.4. The Kier molecular flexibility index (Phi) is 2.82. The maximum Gasteiger partial charge on any atom is 0.107 e. The van der Waals surface area contributed by atoms with E-state index in [0.29, 0.717) is 0 Å². The number of aryl methyl sites for hydroxylation is 2. The SMILES string of the molecule is Cc1nc2ccccc2n1C1CCc2ccccc2C1N. The Balaban J connectivity index is 1.85. The molecule has 3 heteroatoms. The van der Waals surface area contributed by atoms with Crippen LogP contribution in [0.25, 0.3) is 11.0 Å². The minimum Gasteiger partial charge on any atom is -0.323 e. The molecule has 0 aliphatic heterocycles. The van der Waals surface area contributed by atoms with Crippen molar-refractivity contribution in [2.45, 2.75) is 31.8 Å². The summed E-state index contributed by atoms with van der Waals surface area (Å²) in [7, 11) is 0. The molecule has 0 spiro atoms. The van der Waals surface area contributed by atoms with Crippen molar-refractivity contribution in [1.82, 2.24) is 9.55 Å². The topological polar surface area (TPSA) is 43.8 Å². The van der Waals surface area contributed by atoms with Gasteiger partial charge in [-0.3, -0.25) is 0 Å². The summed E-state index contributed by atoms with van der Waals surface area (Å²) >= 11 is 0. The quantitative estimate of drug-likeness (QED) is 0.739. The van der Waals surface area contributed by atoms with Gasteiger partial charge in [-0.05, 0) is 43.0 Å². The number of hydrogen-bond donors (Lipinski definition) is 1. The second-order valence-corrected chi connectivity index (χ2v) is 5.85. The molecule has 0 saturated carbocycles. The predicted molar refractivity (Wildman–Crippen MR) is 85.2 cm³/mol. The Morgan fingerprint density at radius 2 is 1.86 bits per heavy atom. The summed E-state index contributed by atoms with van der Waals surface area (Å²) < 4.78 is 2.33. The van der Waals surface area contributed by atoms with E-state index in [-0.39, 0.29) is 12.1 Å². The molecule has 0 bridgehead atoms. The lowest BCUT2D eigenvalue weighted by atomic mass is 9.84. The third-order valence-electron chi connectivity index (χ3n) is 4.64. The molecule has 0 radical (unpaired) electrons. The molecule has 3 aromatic rings. The lowest BCUT2D eigenvalue weighted by molar-refractivity contribution is 0.373. The van der Waals surface area contributed by atoms with Crippen LogP contribution in [0.5, 0.6) is 0 Å². The molecule has 21 heavy (non-hydrogen) atoms. The zero-order valence-corrected chi connectivity index (χ0v) is 12.2. The van der Waals surface area contributed by atoms with Crippen LogP contribution in [0.4, 0.5) is 0 Å². The maximum absolute atomic E-state index is 6.59. The first-order valence-corrected chi connectivity index (χ1v) is 7.52. The van der Waals surface area contributed by atoms with Gasteiger partial charge in [-0.25, -0.2) is 4.98 Å². The molecule has 1 aliphatic carbocycles. The molecule has 1 aliphatic rings. The number of imidazole rings is 1. The monoisotopic (exact) mass is 277 g/mol. The Bertz CT molecular complexity index is 803. The number of aromatic nitrogens is 2. The Morgan fingerprint density at radius 3 is 2.76 bits per heavy atom. The molecular formula is C18H19N3. The molecule has 106 valence electrons. The number of para-hydroxylation sites is 2. The van der Waals surface area contributed by atoms with Crippen molar-refractivity contribution >= 4 is 11.0 Å². The Hall–Kier alpha value is -2.13. The van der Waals surface area contributed by atoms with E-state index in [9.17, 15) is 0 Å². The van der Waals surface area contributed by atoms with Crippen molar-refractivity contribution < 1.29 is 0 Å². The van der Waals surface area contributed by atoms with Crippen molar-refractivity contribution in [2.24, 2.45) is 5.73 Å². The molecule has 1 heterocycles. The van der Waals surface area contributed by atoms with Crippen molar-refractivity contribution in [3.63, 3.8) is 0 Å². The van der Waals surface area contributed by atoms with Crippen molar-refractivity contribution in [1.29, 1.82) is 0 Å². The number of benzene rings is 2. The smallest absolute Gasteiger partial charge is 0.107 e. The van der Waals surface area contributed by atoms with E-state index in [0.717, 1.165) is 24.2 Å². The summed E-state index contributed by atoms with van der Waals surface area (Å²) in [6, 6.07) is 17.2. The van der Waals surface area contributed by atoms with E-state index in [1.807, 2.05) is 6.07 Å². The first-order chi connectivity index (χ1) is 10.3. The molecular weight excluding hydrogens is 258 g/mol. The summed E-state index contributed by atoms with van der Waals surface area (Å²) in [5.74, 6) is 1.05. The summed E-state index contributed by atoms with van der Waals surface area (Å²) in [4.78, 5) is 4.69. The van der Waals surface area contributed by atoms with Gasteiger partial charge in [0, 0.05) is 0 Å². The fourth-order valence-corrected chi connectivity index (χ4v) is 3.65.